The number of halogens is 2. The van der Waals surface area contributed by atoms with Crippen molar-refractivity contribution in [1.82, 2.24) is 0 Å². The van der Waals surface area contributed by atoms with Crippen molar-refractivity contribution in [3.8, 4) is 0 Å². The van der Waals surface area contributed by atoms with Crippen LogP contribution in [-0.4, -0.2) is 10.7 Å². The Kier molecular flexibility index (Phi) is 3.21. The van der Waals surface area contributed by atoms with Crippen molar-refractivity contribution in [2.45, 2.75) is 44.1 Å². The number of aliphatic hydroxyl groups is 1. The van der Waals surface area contributed by atoms with Crippen LogP contribution in [0.25, 0.3) is 0 Å². The topological polar surface area (TPSA) is 20.2 Å². The second-order valence-electron chi connectivity index (χ2n) is 7.08. The zero-order chi connectivity index (χ0) is 13.9. The minimum absolute atomic E-state index is 0.506. The second kappa shape index (κ2) is 4.72. The van der Waals surface area contributed by atoms with Crippen molar-refractivity contribution < 1.29 is 5.11 Å². The maximum Gasteiger partial charge on any atom is 0.0722 e. The Bertz CT molecular complexity index is 546. The average Bonchev–Trinajstić information content (AvgIpc) is 3.03. The van der Waals surface area contributed by atoms with Crippen LogP contribution in [-0.2, 0) is 6.42 Å². The van der Waals surface area contributed by atoms with E-state index in [-0.39, 0.29) is 0 Å². The van der Waals surface area contributed by atoms with E-state index in [1.807, 2.05) is 12.1 Å². The van der Waals surface area contributed by atoms with Crippen LogP contribution in [0.2, 0.25) is 5.02 Å². The molecule has 0 saturated heterocycles. The molecule has 3 aliphatic carbocycles. The molecule has 5 unspecified atom stereocenters. The summed E-state index contributed by atoms with van der Waals surface area (Å²) in [6, 6.07) is 6.02. The molecule has 0 spiro atoms. The normalized spacial score (nSPS) is 42.1. The van der Waals surface area contributed by atoms with E-state index >= 15 is 0 Å². The Morgan fingerprint density at radius 2 is 2.10 bits per heavy atom. The van der Waals surface area contributed by atoms with E-state index in [9.17, 15) is 5.11 Å². The van der Waals surface area contributed by atoms with Gasteiger partial charge in [0.05, 0.1) is 5.60 Å². The third-order valence-electron chi connectivity index (χ3n) is 6.12. The van der Waals surface area contributed by atoms with Gasteiger partial charge in [0.25, 0.3) is 0 Å². The molecule has 3 heteroatoms. The van der Waals surface area contributed by atoms with E-state index in [0.717, 1.165) is 45.7 Å². The van der Waals surface area contributed by atoms with E-state index in [0.29, 0.717) is 5.92 Å². The minimum atomic E-state index is -0.506. The lowest BCUT2D eigenvalue weighted by Gasteiger charge is -2.39. The third-order valence-corrected chi connectivity index (χ3v) is 6.97. The molecule has 1 N–H and O–H groups in total. The lowest BCUT2D eigenvalue weighted by atomic mass is 9.71. The first-order valence-corrected chi connectivity index (χ1v) is 8.90. The van der Waals surface area contributed by atoms with Crippen LogP contribution < -0.4 is 0 Å². The summed E-state index contributed by atoms with van der Waals surface area (Å²) in [6.45, 7) is 0. The molecule has 108 valence electrons. The molecule has 4 rings (SSSR count). The van der Waals surface area contributed by atoms with Gasteiger partial charge < -0.3 is 5.11 Å². The van der Waals surface area contributed by atoms with E-state index in [4.69, 9.17) is 11.6 Å². The smallest absolute Gasteiger partial charge is 0.0722 e. The molecule has 3 saturated carbocycles. The predicted octanol–water partition coefficient (Wildman–Crippen LogP) is 4.83. The first-order valence-electron chi connectivity index (χ1n) is 7.73. The van der Waals surface area contributed by atoms with E-state index in [1.165, 1.54) is 25.7 Å². The van der Waals surface area contributed by atoms with Crippen LogP contribution in [0.4, 0.5) is 0 Å². The van der Waals surface area contributed by atoms with Crippen molar-refractivity contribution in [3.63, 3.8) is 0 Å². The van der Waals surface area contributed by atoms with Crippen LogP contribution in [0.1, 0.15) is 37.7 Å². The molecule has 0 aliphatic heterocycles. The number of rotatable bonds is 2. The van der Waals surface area contributed by atoms with Crippen molar-refractivity contribution in [2.75, 3.05) is 0 Å². The fourth-order valence-electron chi connectivity index (χ4n) is 5.43. The molecule has 0 heterocycles. The van der Waals surface area contributed by atoms with Gasteiger partial charge in [-0.3, -0.25) is 0 Å². The summed E-state index contributed by atoms with van der Waals surface area (Å²) < 4.78 is 1.00. The fraction of sp³-hybridized carbons (Fsp3) is 0.647. The number of hydrogen-bond acceptors (Lipinski definition) is 1. The molecule has 0 aromatic heterocycles. The van der Waals surface area contributed by atoms with Crippen LogP contribution >= 0.6 is 27.5 Å². The molecule has 3 aliphatic rings. The lowest BCUT2D eigenvalue weighted by Crippen LogP contribution is -2.43. The summed E-state index contributed by atoms with van der Waals surface area (Å²) in [6.07, 6.45) is 7.08. The van der Waals surface area contributed by atoms with Crippen molar-refractivity contribution in [2.24, 2.45) is 23.7 Å². The summed E-state index contributed by atoms with van der Waals surface area (Å²) in [4.78, 5) is 0. The Labute approximate surface area is 133 Å². The molecule has 5 atom stereocenters. The first kappa shape index (κ1) is 13.6. The first-order chi connectivity index (χ1) is 9.57. The molecule has 3 fully saturated rings. The number of benzene rings is 1. The summed E-state index contributed by atoms with van der Waals surface area (Å²) in [5.41, 5.74) is 0.590. The van der Waals surface area contributed by atoms with Gasteiger partial charge in [0, 0.05) is 15.9 Å². The van der Waals surface area contributed by atoms with Crippen LogP contribution in [0.3, 0.4) is 0 Å². The van der Waals surface area contributed by atoms with Crippen LogP contribution in [0, 0.1) is 23.7 Å². The number of hydrogen-bond donors (Lipinski definition) is 1. The van der Waals surface area contributed by atoms with Crippen LogP contribution in [0.5, 0.6) is 0 Å². The Balaban J connectivity index is 1.60. The molecule has 1 aromatic carbocycles. The van der Waals surface area contributed by atoms with Crippen molar-refractivity contribution >= 4 is 27.5 Å². The SMILES string of the molecule is OC1(Cc2ccc(Br)cc2Cl)CC2CC1C1CCCC21. The Morgan fingerprint density at radius 3 is 2.90 bits per heavy atom. The fourth-order valence-corrected chi connectivity index (χ4v) is 6.17. The highest BCUT2D eigenvalue weighted by Gasteiger charge is 2.60. The molecule has 0 radical (unpaired) electrons. The van der Waals surface area contributed by atoms with E-state index < -0.39 is 5.60 Å². The van der Waals surface area contributed by atoms with Crippen LogP contribution in [0.15, 0.2) is 22.7 Å². The quantitative estimate of drug-likeness (QED) is 0.805. The largest absolute Gasteiger partial charge is 0.389 e. The molecule has 20 heavy (non-hydrogen) atoms. The molecular formula is C17H20BrClO. The summed E-state index contributed by atoms with van der Waals surface area (Å²) in [5.74, 6) is 2.99. The monoisotopic (exact) mass is 354 g/mol. The highest BCUT2D eigenvalue weighted by Crippen LogP contribution is 2.63. The minimum Gasteiger partial charge on any atom is -0.389 e. The van der Waals surface area contributed by atoms with Gasteiger partial charge in [-0.1, -0.05) is 40.0 Å². The Morgan fingerprint density at radius 1 is 1.30 bits per heavy atom. The zero-order valence-electron chi connectivity index (χ0n) is 11.5. The van der Waals surface area contributed by atoms with Gasteiger partial charge in [0.15, 0.2) is 0 Å². The third kappa shape index (κ3) is 1.99. The number of fused-ring (bicyclic) bond motifs is 5. The lowest BCUT2D eigenvalue weighted by molar-refractivity contribution is -0.0450. The molecule has 0 amide bonds. The highest BCUT2D eigenvalue weighted by molar-refractivity contribution is 9.10. The van der Waals surface area contributed by atoms with Gasteiger partial charge in [0.1, 0.15) is 0 Å². The molecule has 1 aromatic rings. The van der Waals surface area contributed by atoms with E-state index in [2.05, 4.69) is 22.0 Å². The Hall–Kier alpha value is -0.0500. The van der Waals surface area contributed by atoms with Crippen molar-refractivity contribution in [1.29, 1.82) is 0 Å². The van der Waals surface area contributed by atoms with Crippen molar-refractivity contribution in [3.05, 3.63) is 33.3 Å². The van der Waals surface area contributed by atoms with Gasteiger partial charge in [-0.2, -0.15) is 0 Å². The van der Waals surface area contributed by atoms with E-state index in [1.54, 1.807) is 0 Å². The molecule has 1 nitrogen and oxygen atoms in total. The molecular weight excluding hydrogens is 336 g/mol. The summed E-state index contributed by atoms with van der Waals surface area (Å²) in [7, 11) is 0. The van der Waals surface area contributed by atoms with Gasteiger partial charge in [0.2, 0.25) is 0 Å². The van der Waals surface area contributed by atoms with Gasteiger partial charge in [-0.15, -0.1) is 0 Å². The average molecular weight is 356 g/mol. The standard InChI is InChI=1S/C17H20BrClO/c18-12-5-4-10(16(19)7-12)8-17(20)9-11-6-15(17)14-3-1-2-13(11)14/h4-5,7,11,13-15,20H,1-3,6,8-9H2. The second-order valence-corrected chi connectivity index (χ2v) is 8.40. The maximum atomic E-state index is 11.2. The van der Waals surface area contributed by atoms with Gasteiger partial charge in [-0.25, -0.2) is 0 Å². The van der Waals surface area contributed by atoms with Gasteiger partial charge in [-0.05, 0) is 67.1 Å². The molecule has 2 bridgehead atoms. The summed E-state index contributed by atoms with van der Waals surface area (Å²) >= 11 is 9.79. The summed E-state index contributed by atoms with van der Waals surface area (Å²) in [5, 5.41) is 12.0. The zero-order valence-corrected chi connectivity index (χ0v) is 13.8. The predicted molar refractivity (Wildman–Crippen MR) is 84.9 cm³/mol. The maximum absolute atomic E-state index is 11.2. The highest BCUT2D eigenvalue weighted by atomic mass is 79.9. The van der Waals surface area contributed by atoms with Gasteiger partial charge >= 0.3 is 0 Å².